The lowest BCUT2D eigenvalue weighted by atomic mass is 10.1. The van der Waals surface area contributed by atoms with E-state index in [-0.39, 0.29) is 16.8 Å². The molecule has 1 aromatic heterocycles. The average Bonchev–Trinajstić information content (AvgIpc) is 2.64. The Kier molecular flexibility index (Phi) is 5.28. The van der Waals surface area contributed by atoms with E-state index in [0.717, 1.165) is 11.6 Å². The maximum Gasteiger partial charge on any atom is 0.374 e. The molecule has 1 amide bonds. The van der Waals surface area contributed by atoms with E-state index in [1.807, 2.05) is 6.92 Å². The van der Waals surface area contributed by atoms with Gasteiger partial charge in [-0.1, -0.05) is 29.3 Å². The van der Waals surface area contributed by atoms with Crippen LogP contribution in [-0.4, -0.2) is 18.5 Å². The number of rotatable bonds is 4. The maximum atomic E-state index is 12.1. The molecule has 0 saturated heterocycles. The highest BCUT2D eigenvalue weighted by molar-refractivity contribution is 6.31. The molecule has 1 heterocycles. The van der Waals surface area contributed by atoms with Crippen LogP contribution in [0.2, 0.25) is 5.02 Å². The van der Waals surface area contributed by atoms with Crippen LogP contribution in [0.4, 0.5) is 5.69 Å². The van der Waals surface area contributed by atoms with Gasteiger partial charge >= 0.3 is 5.97 Å². The summed E-state index contributed by atoms with van der Waals surface area (Å²) in [6.07, 6.45) is 0. The average molecular weight is 386 g/mol. The van der Waals surface area contributed by atoms with Gasteiger partial charge in [0.05, 0.1) is 5.39 Å². The predicted molar refractivity (Wildman–Crippen MR) is 102 cm³/mol. The van der Waals surface area contributed by atoms with Crippen LogP contribution in [0, 0.1) is 13.8 Å². The van der Waals surface area contributed by atoms with Crippen molar-refractivity contribution in [2.24, 2.45) is 0 Å². The number of esters is 1. The van der Waals surface area contributed by atoms with Crippen molar-refractivity contribution in [2.45, 2.75) is 13.8 Å². The van der Waals surface area contributed by atoms with Crippen LogP contribution < -0.4 is 10.7 Å². The van der Waals surface area contributed by atoms with Crippen LogP contribution in [0.3, 0.4) is 0 Å². The molecule has 0 unspecified atom stereocenters. The fraction of sp³-hybridized carbons (Fsp3) is 0.150. The minimum absolute atomic E-state index is 0.261. The van der Waals surface area contributed by atoms with Gasteiger partial charge in [0.2, 0.25) is 5.76 Å². The summed E-state index contributed by atoms with van der Waals surface area (Å²) in [7, 11) is 0. The van der Waals surface area contributed by atoms with Crippen LogP contribution in [0.5, 0.6) is 0 Å². The van der Waals surface area contributed by atoms with Crippen molar-refractivity contribution in [1.29, 1.82) is 0 Å². The van der Waals surface area contributed by atoms with Crippen LogP contribution in [0.15, 0.2) is 51.7 Å². The summed E-state index contributed by atoms with van der Waals surface area (Å²) in [5.41, 5.74) is 2.05. The third-order valence-corrected chi connectivity index (χ3v) is 4.37. The number of amides is 1. The third-order valence-electron chi connectivity index (χ3n) is 3.96. The number of hydrogen-bond acceptors (Lipinski definition) is 5. The second-order valence-electron chi connectivity index (χ2n) is 6.01. The van der Waals surface area contributed by atoms with Crippen molar-refractivity contribution >= 4 is 40.1 Å². The minimum Gasteiger partial charge on any atom is -0.450 e. The summed E-state index contributed by atoms with van der Waals surface area (Å²) >= 11 is 6.00. The van der Waals surface area contributed by atoms with Crippen molar-refractivity contribution in [3.8, 4) is 0 Å². The van der Waals surface area contributed by atoms with E-state index >= 15 is 0 Å². The molecule has 138 valence electrons. The van der Waals surface area contributed by atoms with Gasteiger partial charge in [-0.05, 0) is 43.7 Å². The van der Waals surface area contributed by atoms with Gasteiger partial charge < -0.3 is 14.5 Å². The van der Waals surface area contributed by atoms with Gasteiger partial charge in [-0.15, -0.1) is 0 Å². The van der Waals surface area contributed by atoms with Crippen LogP contribution in [-0.2, 0) is 9.53 Å². The normalized spacial score (nSPS) is 10.6. The summed E-state index contributed by atoms with van der Waals surface area (Å²) in [6.45, 7) is 3.08. The first-order valence-corrected chi connectivity index (χ1v) is 8.49. The molecule has 0 atom stereocenters. The Bertz CT molecular complexity index is 1100. The van der Waals surface area contributed by atoms with Gasteiger partial charge in [0, 0.05) is 16.8 Å². The molecule has 0 radical (unpaired) electrons. The van der Waals surface area contributed by atoms with Gasteiger partial charge in [-0.2, -0.15) is 0 Å². The van der Waals surface area contributed by atoms with Crippen molar-refractivity contribution in [3.05, 3.63) is 74.6 Å². The molecule has 3 rings (SSSR count). The largest absolute Gasteiger partial charge is 0.450 e. The van der Waals surface area contributed by atoms with Gasteiger partial charge in [0.25, 0.3) is 5.91 Å². The van der Waals surface area contributed by atoms with E-state index in [1.165, 1.54) is 0 Å². The van der Waals surface area contributed by atoms with E-state index in [9.17, 15) is 14.4 Å². The molecule has 0 aliphatic carbocycles. The number of anilines is 1. The van der Waals surface area contributed by atoms with Gasteiger partial charge in [0.15, 0.2) is 12.0 Å². The number of fused-ring (bicyclic) bond motifs is 1. The Hall–Kier alpha value is -3.12. The lowest BCUT2D eigenvalue weighted by Crippen LogP contribution is -2.22. The first-order valence-electron chi connectivity index (χ1n) is 8.12. The number of halogens is 1. The Morgan fingerprint density at radius 1 is 1.15 bits per heavy atom. The molecule has 0 aliphatic rings. The highest BCUT2D eigenvalue weighted by atomic mass is 35.5. The number of aryl methyl sites for hydroxylation is 1. The van der Waals surface area contributed by atoms with Gasteiger partial charge in [0.1, 0.15) is 5.58 Å². The van der Waals surface area contributed by atoms with Crippen LogP contribution in [0.1, 0.15) is 21.7 Å². The lowest BCUT2D eigenvalue weighted by Gasteiger charge is -2.10. The van der Waals surface area contributed by atoms with Crippen LogP contribution in [0.25, 0.3) is 11.0 Å². The molecular weight excluding hydrogens is 370 g/mol. The smallest absolute Gasteiger partial charge is 0.374 e. The summed E-state index contributed by atoms with van der Waals surface area (Å²) in [4.78, 5) is 36.3. The van der Waals surface area contributed by atoms with E-state index in [1.54, 1.807) is 43.3 Å². The monoisotopic (exact) mass is 385 g/mol. The van der Waals surface area contributed by atoms with Crippen LogP contribution >= 0.6 is 11.6 Å². The summed E-state index contributed by atoms with van der Waals surface area (Å²) < 4.78 is 10.4. The first-order chi connectivity index (χ1) is 12.8. The fourth-order valence-electron chi connectivity index (χ4n) is 2.50. The van der Waals surface area contributed by atoms with Gasteiger partial charge in [-0.25, -0.2) is 4.79 Å². The van der Waals surface area contributed by atoms with E-state index in [4.69, 9.17) is 20.8 Å². The molecule has 27 heavy (non-hydrogen) atoms. The number of nitrogens with one attached hydrogen (secondary N) is 1. The molecule has 3 aromatic rings. The Morgan fingerprint density at radius 2 is 1.93 bits per heavy atom. The topological polar surface area (TPSA) is 85.6 Å². The molecule has 0 aliphatic heterocycles. The zero-order chi connectivity index (χ0) is 19.6. The summed E-state index contributed by atoms with van der Waals surface area (Å²) in [5.74, 6) is -1.69. The highest BCUT2D eigenvalue weighted by Crippen LogP contribution is 2.22. The first kappa shape index (κ1) is 18.7. The summed E-state index contributed by atoms with van der Waals surface area (Å²) in [6, 6.07) is 11.2. The number of benzene rings is 2. The van der Waals surface area contributed by atoms with Crippen molar-refractivity contribution in [3.63, 3.8) is 0 Å². The molecule has 7 heteroatoms. The number of hydrogen-bond donors (Lipinski definition) is 1. The molecule has 0 spiro atoms. The third kappa shape index (κ3) is 4.17. The molecule has 0 saturated carbocycles. The standard InChI is InChI=1S/C20H16ClNO5/c1-11-6-7-17-13(8-11)16(23)9-18(27-17)20(25)26-10-19(24)22-15-5-3-4-14(21)12(15)2/h3-9H,10H2,1-2H3,(H,22,24). The zero-order valence-electron chi connectivity index (χ0n) is 14.7. The summed E-state index contributed by atoms with van der Waals surface area (Å²) in [5, 5.41) is 3.50. The zero-order valence-corrected chi connectivity index (χ0v) is 15.4. The molecule has 6 nitrogen and oxygen atoms in total. The SMILES string of the molecule is Cc1ccc2oc(C(=O)OCC(=O)Nc3cccc(Cl)c3C)cc(=O)c2c1. The molecular formula is C20H16ClNO5. The van der Waals surface area contributed by atoms with Crippen molar-refractivity contribution in [1.82, 2.24) is 0 Å². The van der Waals surface area contributed by atoms with Crippen molar-refractivity contribution < 1.29 is 18.7 Å². The fourth-order valence-corrected chi connectivity index (χ4v) is 2.68. The number of carbonyl (C=O) groups is 2. The minimum atomic E-state index is -0.896. The molecule has 0 fully saturated rings. The Labute approximate surface area is 159 Å². The Morgan fingerprint density at radius 3 is 2.70 bits per heavy atom. The van der Waals surface area contributed by atoms with Gasteiger partial charge in [-0.3, -0.25) is 9.59 Å². The number of carbonyl (C=O) groups excluding carboxylic acids is 2. The van der Waals surface area contributed by atoms with E-state index in [0.29, 0.717) is 21.7 Å². The molecule has 0 bridgehead atoms. The quantitative estimate of drug-likeness (QED) is 0.689. The van der Waals surface area contributed by atoms with E-state index in [2.05, 4.69) is 5.32 Å². The molecule has 1 N–H and O–H groups in total. The van der Waals surface area contributed by atoms with Crippen molar-refractivity contribution in [2.75, 3.05) is 11.9 Å². The maximum absolute atomic E-state index is 12.1. The second-order valence-corrected chi connectivity index (χ2v) is 6.42. The lowest BCUT2D eigenvalue weighted by molar-refractivity contribution is -0.119. The highest BCUT2D eigenvalue weighted by Gasteiger charge is 2.16. The second kappa shape index (κ2) is 7.63. The molecule has 2 aromatic carbocycles. The Balaban J connectivity index is 1.69. The van der Waals surface area contributed by atoms with E-state index < -0.39 is 18.5 Å². The predicted octanol–water partition coefficient (Wildman–Crippen LogP) is 3.86. The number of ether oxygens (including phenoxy) is 1.